The van der Waals surface area contributed by atoms with Gasteiger partial charge in [-0.25, -0.2) is 8.42 Å². The highest BCUT2D eigenvalue weighted by Gasteiger charge is 2.40. The Morgan fingerprint density at radius 3 is 2.43 bits per heavy atom. The van der Waals surface area contributed by atoms with Crippen LogP contribution in [0.2, 0.25) is 5.02 Å². The van der Waals surface area contributed by atoms with E-state index in [0.717, 1.165) is 10.4 Å². The maximum atomic E-state index is 12.8. The van der Waals surface area contributed by atoms with Gasteiger partial charge in [0.2, 0.25) is 10.0 Å². The first-order chi connectivity index (χ1) is 9.98. The fourth-order valence-corrected chi connectivity index (χ4v) is 4.34. The third-order valence-electron chi connectivity index (χ3n) is 3.85. The lowest BCUT2D eigenvalue weighted by molar-refractivity contribution is -0.137. The summed E-state index contributed by atoms with van der Waals surface area (Å²) in [5.74, 6) is 0. The minimum Gasteiger partial charge on any atom is -0.330 e. The van der Waals surface area contributed by atoms with Crippen molar-refractivity contribution in [2.24, 2.45) is 11.1 Å². The topological polar surface area (TPSA) is 63.4 Å². The highest BCUT2D eigenvalue weighted by atomic mass is 35.5. The van der Waals surface area contributed by atoms with E-state index in [-0.39, 0.29) is 35.9 Å². The van der Waals surface area contributed by atoms with E-state index in [1.807, 2.05) is 6.92 Å². The number of alkyl halides is 3. The van der Waals surface area contributed by atoms with Crippen molar-refractivity contribution in [2.75, 3.05) is 19.6 Å². The molecule has 1 aromatic carbocycles. The van der Waals surface area contributed by atoms with Crippen LogP contribution < -0.4 is 5.73 Å². The van der Waals surface area contributed by atoms with Gasteiger partial charge in [-0.2, -0.15) is 17.5 Å². The van der Waals surface area contributed by atoms with Gasteiger partial charge >= 0.3 is 6.18 Å². The molecule has 23 heavy (non-hydrogen) atoms. The number of nitrogens with zero attached hydrogens (tertiary/aromatic N) is 1. The number of hydrogen-bond donors (Lipinski definition) is 1. The van der Waals surface area contributed by atoms with Gasteiger partial charge < -0.3 is 5.73 Å². The first kappa shape index (κ1) is 20.5. The lowest BCUT2D eigenvalue weighted by Crippen LogP contribution is -2.34. The monoisotopic (exact) mass is 392 g/mol. The van der Waals surface area contributed by atoms with Crippen LogP contribution in [0.1, 0.15) is 18.9 Å². The molecule has 1 fully saturated rings. The molecule has 1 saturated heterocycles. The maximum Gasteiger partial charge on any atom is 0.416 e. The molecule has 132 valence electrons. The van der Waals surface area contributed by atoms with Gasteiger partial charge in [0, 0.05) is 18.1 Å². The highest BCUT2D eigenvalue weighted by Crippen LogP contribution is 2.36. The van der Waals surface area contributed by atoms with E-state index in [0.29, 0.717) is 25.1 Å². The quantitative estimate of drug-likeness (QED) is 0.858. The van der Waals surface area contributed by atoms with Gasteiger partial charge in [0.25, 0.3) is 0 Å². The number of sulfonamides is 1. The summed E-state index contributed by atoms with van der Waals surface area (Å²) < 4.78 is 64.6. The van der Waals surface area contributed by atoms with Crippen molar-refractivity contribution in [3.05, 3.63) is 28.8 Å². The highest BCUT2D eigenvalue weighted by molar-refractivity contribution is 7.89. The number of rotatable bonds is 3. The van der Waals surface area contributed by atoms with Gasteiger partial charge in [-0.15, -0.1) is 12.4 Å². The Labute approximate surface area is 144 Å². The molecule has 10 heteroatoms. The molecule has 0 bridgehead atoms. The summed E-state index contributed by atoms with van der Waals surface area (Å²) in [5.41, 5.74) is 4.18. The van der Waals surface area contributed by atoms with Crippen LogP contribution in [0.15, 0.2) is 23.1 Å². The van der Waals surface area contributed by atoms with Crippen molar-refractivity contribution in [1.29, 1.82) is 0 Å². The molecule has 0 aliphatic carbocycles. The summed E-state index contributed by atoms with van der Waals surface area (Å²) in [4.78, 5) is -0.450. The normalized spacial score (nSPS) is 22.9. The van der Waals surface area contributed by atoms with E-state index in [9.17, 15) is 21.6 Å². The molecular formula is C13H17Cl2F3N2O2S. The van der Waals surface area contributed by atoms with Crippen molar-refractivity contribution in [1.82, 2.24) is 4.31 Å². The molecular weight excluding hydrogens is 376 g/mol. The third kappa shape index (κ3) is 4.30. The molecule has 1 unspecified atom stereocenters. The van der Waals surface area contributed by atoms with Crippen LogP contribution in [0.25, 0.3) is 0 Å². The third-order valence-corrected chi connectivity index (χ3v) is 5.89. The summed E-state index contributed by atoms with van der Waals surface area (Å²) in [6.07, 6.45) is -4.10. The first-order valence-electron chi connectivity index (χ1n) is 6.56. The Balaban J connectivity index is 0.00000264. The SMILES string of the molecule is CC1(CN)CCN(S(=O)(=O)c2cc(Cl)cc(C(F)(F)F)c2)C1.Cl. The zero-order valence-corrected chi connectivity index (χ0v) is 14.6. The van der Waals surface area contributed by atoms with Crippen LogP contribution >= 0.6 is 24.0 Å². The summed E-state index contributed by atoms with van der Waals surface area (Å²) in [5, 5.41) is -0.269. The molecule has 1 aliphatic rings. The van der Waals surface area contributed by atoms with E-state index in [4.69, 9.17) is 17.3 Å². The predicted octanol–water partition coefficient (Wildman–Crippen LogP) is 3.14. The zero-order valence-electron chi connectivity index (χ0n) is 12.2. The molecule has 4 nitrogen and oxygen atoms in total. The van der Waals surface area contributed by atoms with Crippen LogP contribution in [0.4, 0.5) is 13.2 Å². The van der Waals surface area contributed by atoms with E-state index in [2.05, 4.69) is 0 Å². The summed E-state index contributed by atoms with van der Waals surface area (Å²) in [6, 6.07) is 2.35. The number of halogens is 5. The lowest BCUT2D eigenvalue weighted by Gasteiger charge is -2.22. The van der Waals surface area contributed by atoms with Crippen molar-refractivity contribution in [3.8, 4) is 0 Å². The number of benzene rings is 1. The van der Waals surface area contributed by atoms with Gasteiger partial charge in [-0.1, -0.05) is 18.5 Å². The Hall–Kier alpha value is -0.540. The number of nitrogens with two attached hydrogens (primary N) is 1. The van der Waals surface area contributed by atoms with E-state index in [1.54, 1.807) is 0 Å². The first-order valence-corrected chi connectivity index (χ1v) is 8.38. The van der Waals surface area contributed by atoms with Gasteiger partial charge in [0.1, 0.15) is 0 Å². The summed E-state index contributed by atoms with van der Waals surface area (Å²) >= 11 is 5.65. The van der Waals surface area contributed by atoms with Crippen LogP contribution in [-0.2, 0) is 16.2 Å². The smallest absolute Gasteiger partial charge is 0.330 e. The molecule has 0 saturated carbocycles. The van der Waals surface area contributed by atoms with Crippen LogP contribution in [-0.4, -0.2) is 32.4 Å². The van der Waals surface area contributed by atoms with Crippen LogP contribution in [0, 0.1) is 5.41 Å². The summed E-state index contributed by atoms with van der Waals surface area (Å²) in [7, 11) is -4.03. The Morgan fingerprint density at radius 2 is 1.96 bits per heavy atom. The number of hydrogen-bond acceptors (Lipinski definition) is 3. The Kier molecular flexibility index (Phi) is 6.02. The second-order valence-corrected chi connectivity index (χ2v) is 8.15. The zero-order chi connectivity index (χ0) is 16.8. The average Bonchev–Trinajstić information content (AvgIpc) is 2.81. The standard InChI is InChI=1S/C13H16ClF3N2O2S.ClH/c1-12(7-18)2-3-19(8-12)22(20,21)11-5-9(13(15,16)17)4-10(14)6-11;/h4-6H,2-3,7-8,18H2,1H3;1H. The molecule has 1 atom stereocenters. The van der Waals surface area contributed by atoms with E-state index in [1.165, 1.54) is 0 Å². The summed E-state index contributed by atoms with van der Waals surface area (Å²) in [6.45, 7) is 2.56. The van der Waals surface area contributed by atoms with Crippen molar-refractivity contribution < 1.29 is 21.6 Å². The van der Waals surface area contributed by atoms with E-state index < -0.39 is 26.7 Å². The van der Waals surface area contributed by atoms with E-state index >= 15 is 0 Å². The van der Waals surface area contributed by atoms with Gasteiger partial charge in [-0.3, -0.25) is 0 Å². The molecule has 0 amide bonds. The second kappa shape index (κ2) is 6.76. The maximum absolute atomic E-state index is 12.8. The molecule has 0 aromatic heterocycles. The fourth-order valence-electron chi connectivity index (χ4n) is 2.37. The molecule has 1 heterocycles. The van der Waals surface area contributed by atoms with Gasteiger partial charge in [0.15, 0.2) is 0 Å². The lowest BCUT2D eigenvalue weighted by atomic mass is 9.90. The molecule has 2 rings (SSSR count). The molecule has 1 aliphatic heterocycles. The van der Waals surface area contributed by atoms with Gasteiger partial charge in [0.05, 0.1) is 10.5 Å². The minimum absolute atomic E-state index is 0. The molecule has 0 radical (unpaired) electrons. The van der Waals surface area contributed by atoms with Gasteiger partial charge in [-0.05, 0) is 36.6 Å². The Bertz CT molecular complexity index is 682. The largest absolute Gasteiger partial charge is 0.416 e. The molecule has 2 N–H and O–H groups in total. The van der Waals surface area contributed by atoms with Crippen molar-refractivity contribution >= 4 is 34.0 Å². The van der Waals surface area contributed by atoms with Crippen molar-refractivity contribution in [2.45, 2.75) is 24.4 Å². The second-order valence-electron chi connectivity index (χ2n) is 5.78. The van der Waals surface area contributed by atoms with Crippen LogP contribution in [0.3, 0.4) is 0 Å². The Morgan fingerprint density at radius 1 is 1.35 bits per heavy atom. The fraction of sp³-hybridized carbons (Fsp3) is 0.538. The minimum atomic E-state index is -4.66. The molecule has 0 spiro atoms. The molecule has 1 aromatic rings. The van der Waals surface area contributed by atoms with Crippen molar-refractivity contribution in [3.63, 3.8) is 0 Å². The predicted molar refractivity (Wildman–Crippen MR) is 84.2 cm³/mol. The van der Waals surface area contributed by atoms with Crippen LogP contribution in [0.5, 0.6) is 0 Å². The average molecular weight is 393 g/mol.